The molecular formula is C13H21NO2. The number of aliphatic hydroxyl groups is 1. The third-order valence-electron chi connectivity index (χ3n) is 2.81. The molecule has 16 heavy (non-hydrogen) atoms. The molecule has 0 saturated carbocycles. The molecule has 0 aromatic heterocycles. The van der Waals surface area contributed by atoms with Crippen molar-refractivity contribution in [3.8, 4) is 5.75 Å². The molecule has 90 valence electrons. The molecule has 0 saturated heterocycles. The van der Waals surface area contributed by atoms with Gasteiger partial charge in [-0.1, -0.05) is 18.2 Å². The van der Waals surface area contributed by atoms with Crippen molar-refractivity contribution in [1.29, 1.82) is 0 Å². The Balaban J connectivity index is 2.86. The zero-order valence-corrected chi connectivity index (χ0v) is 10.4. The van der Waals surface area contributed by atoms with Gasteiger partial charge in [-0.25, -0.2) is 0 Å². The van der Waals surface area contributed by atoms with Crippen LogP contribution < -0.4 is 10.1 Å². The highest BCUT2D eigenvalue weighted by atomic mass is 16.5. The van der Waals surface area contributed by atoms with Gasteiger partial charge >= 0.3 is 0 Å². The molecule has 1 aromatic carbocycles. The van der Waals surface area contributed by atoms with Crippen molar-refractivity contribution >= 4 is 0 Å². The van der Waals surface area contributed by atoms with Gasteiger partial charge in [0.05, 0.1) is 6.10 Å². The minimum Gasteiger partial charge on any atom is -0.488 e. The molecule has 1 rings (SSSR count). The average molecular weight is 223 g/mol. The van der Waals surface area contributed by atoms with Crippen LogP contribution in [0.5, 0.6) is 5.75 Å². The summed E-state index contributed by atoms with van der Waals surface area (Å²) in [7, 11) is 1.92. The van der Waals surface area contributed by atoms with Crippen molar-refractivity contribution in [2.45, 2.75) is 39.0 Å². The van der Waals surface area contributed by atoms with Crippen molar-refractivity contribution in [3.05, 3.63) is 29.8 Å². The highest BCUT2D eigenvalue weighted by molar-refractivity contribution is 5.35. The number of ether oxygens (including phenoxy) is 1. The fourth-order valence-corrected chi connectivity index (χ4v) is 1.40. The first-order valence-corrected chi connectivity index (χ1v) is 5.67. The van der Waals surface area contributed by atoms with Crippen LogP contribution in [0.15, 0.2) is 24.3 Å². The van der Waals surface area contributed by atoms with Gasteiger partial charge in [-0.3, -0.25) is 0 Å². The number of benzene rings is 1. The fraction of sp³-hybridized carbons (Fsp3) is 0.538. The maximum Gasteiger partial charge on any atom is 0.124 e. The smallest absolute Gasteiger partial charge is 0.124 e. The first kappa shape index (κ1) is 13.0. The predicted molar refractivity (Wildman–Crippen MR) is 65.7 cm³/mol. The predicted octanol–water partition coefficient (Wildman–Crippen LogP) is 2.12. The Bertz CT molecular complexity index is 325. The Hall–Kier alpha value is -1.06. The fourth-order valence-electron chi connectivity index (χ4n) is 1.40. The van der Waals surface area contributed by atoms with Gasteiger partial charge in [0.25, 0.3) is 0 Å². The lowest BCUT2D eigenvalue weighted by molar-refractivity contribution is 0.0595. The summed E-state index contributed by atoms with van der Waals surface area (Å²) in [6.45, 7) is 5.68. The Morgan fingerprint density at radius 1 is 1.19 bits per heavy atom. The first-order chi connectivity index (χ1) is 7.56. The van der Waals surface area contributed by atoms with E-state index >= 15 is 0 Å². The lowest BCUT2D eigenvalue weighted by atomic mass is 10.1. The van der Waals surface area contributed by atoms with E-state index in [-0.39, 0.29) is 12.1 Å². The Morgan fingerprint density at radius 3 is 2.38 bits per heavy atom. The first-order valence-electron chi connectivity index (χ1n) is 5.67. The van der Waals surface area contributed by atoms with Gasteiger partial charge in [0.1, 0.15) is 11.9 Å². The van der Waals surface area contributed by atoms with Crippen LogP contribution in [0.2, 0.25) is 0 Å². The van der Waals surface area contributed by atoms with Crippen LogP contribution in [-0.4, -0.2) is 24.4 Å². The monoisotopic (exact) mass is 223 g/mol. The number of para-hydroxylation sites is 1. The molecule has 3 nitrogen and oxygen atoms in total. The van der Waals surface area contributed by atoms with Gasteiger partial charge in [-0.15, -0.1) is 0 Å². The molecule has 2 N–H and O–H groups in total. The third kappa shape index (κ3) is 3.22. The van der Waals surface area contributed by atoms with E-state index in [0.717, 1.165) is 11.3 Å². The maximum absolute atomic E-state index is 9.43. The van der Waals surface area contributed by atoms with Gasteiger partial charge in [-0.2, -0.15) is 0 Å². The maximum atomic E-state index is 9.43. The van der Waals surface area contributed by atoms with Crippen molar-refractivity contribution in [3.63, 3.8) is 0 Å². The summed E-state index contributed by atoms with van der Waals surface area (Å²) in [6.07, 6.45) is -0.678. The summed E-state index contributed by atoms with van der Waals surface area (Å²) in [5.41, 5.74) is 1.11. The van der Waals surface area contributed by atoms with E-state index in [2.05, 4.69) is 12.2 Å². The molecule has 1 aromatic rings. The molecule has 0 amide bonds. The summed E-state index contributed by atoms with van der Waals surface area (Å²) in [5.74, 6) is 0.831. The minimum absolute atomic E-state index is 0.204. The molecule has 0 bridgehead atoms. The van der Waals surface area contributed by atoms with E-state index in [1.807, 2.05) is 38.2 Å². The van der Waals surface area contributed by atoms with Crippen molar-refractivity contribution < 1.29 is 9.84 Å². The van der Waals surface area contributed by atoms with E-state index in [9.17, 15) is 5.11 Å². The zero-order valence-electron chi connectivity index (χ0n) is 10.4. The summed E-state index contributed by atoms with van der Waals surface area (Å²) in [4.78, 5) is 0. The average Bonchev–Trinajstić information content (AvgIpc) is 2.28. The molecule has 0 radical (unpaired) electrons. The van der Waals surface area contributed by atoms with E-state index in [1.165, 1.54) is 0 Å². The van der Waals surface area contributed by atoms with Gasteiger partial charge in [0, 0.05) is 11.6 Å². The zero-order chi connectivity index (χ0) is 12.1. The van der Waals surface area contributed by atoms with Crippen molar-refractivity contribution in [1.82, 2.24) is 5.32 Å². The normalized spacial score (nSPS) is 16.6. The third-order valence-corrected chi connectivity index (χ3v) is 2.81. The molecule has 0 aliphatic heterocycles. The molecule has 3 atom stereocenters. The second-order valence-corrected chi connectivity index (χ2v) is 4.11. The van der Waals surface area contributed by atoms with Crippen LogP contribution in [0.3, 0.4) is 0 Å². The molecule has 0 aliphatic rings. The molecule has 3 unspecified atom stereocenters. The Morgan fingerprint density at radius 2 is 1.81 bits per heavy atom. The van der Waals surface area contributed by atoms with Crippen LogP contribution in [0.4, 0.5) is 0 Å². The number of aliphatic hydroxyl groups excluding tert-OH is 1. The summed E-state index contributed by atoms with van der Waals surface area (Å²) >= 11 is 0. The number of nitrogens with one attached hydrogen (secondary N) is 1. The molecular weight excluding hydrogens is 202 g/mol. The van der Waals surface area contributed by atoms with Gasteiger partial charge in [0.2, 0.25) is 0 Å². The Kier molecular flexibility index (Phi) is 4.77. The number of hydrogen-bond acceptors (Lipinski definition) is 3. The lowest BCUT2D eigenvalue weighted by Gasteiger charge is -2.21. The molecule has 0 heterocycles. The molecule has 0 aliphatic carbocycles. The topological polar surface area (TPSA) is 41.5 Å². The van der Waals surface area contributed by atoms with E-state index in [4.69, 9.17) is 4.74 Å². The SMILES string of the molecule is CNC(C)c1ccccc1OC(C)C(C)O. The summed E-state index contributed by atoms with van der Waals surface area (Å²) in [6, 6.07) is 8.13. The van der Waals surface area contributed by atoms with Crippen molar-refractivity contribution in [2.24, 2.45) is 0 Å². The van der Waals surface area contributed by atoms with E-state index < -0.39 is 6.10 Å². The second kappa shape index (κ2) is 5.87. The van der Waals surface area contributed by atoms with Crippen LogP contribution >= 0.6 is 0 Å². The molecule has 0 spiro atoms. The summed E-state index contributed by atoms with van der Waals surface area (Å²) < 4.78 is 5.74. The quantitative estimate of drug-likeness (QED) is 0.803. The Labute approximate surface area is 97.4 Å². The molecule has 3 heteroatoms. The van der Waals surface area contributed by atoms with Crippen LogP contribution in [0, 0.1) is 0 Å². The summed E-state index contributed by atoms with van der Waals surface area (Å²) in [5, 5.41) is 12.6. The van der Waals surface area contributed by atoms with Gasteiger partial charge in [-0.05, 0) is 33.9 Å². The van der Waals surface area contributed by atoms with Crippen LogP contribution in [0.25, 0.3) is 0 Å². The highest BCUT2D eigenvalue weighted by Crippen LogP contribution is 2.25. The highest BCUT2D eigenvalue weighted by Gasteiger charge is 2.14. The van der Waals surface area contributed by atoms with Crippen LogP contribution in [0.1, 0.15) is 32.4 Å². The van der Waals surface area contributed by atoms with E-state index in [1.54, 1.807) is 6.92 Å². The standard InChI is InChI=1S/C13H21NO2/c1-9(14-4)12-7-5-6-8-13(12)16-11(3)10(2)15/h5-11,14-15H,1-4H3. The van der Waals surface area contributed by atoms with Gasteiger partial charge < -0.3 is 15.2 Å². The van der Waals surface area contributed by atoms with Gasteiger partial charge in [0.15, 0.2) is 0 Å². The largest absolute Gasteiger partial charge is 0.488 e. The van der Waals surface area contributed by atoms with E-state index in [0.29, 0.717) is 0 Å². The number of hydrogen-bond donors (Lipinski definition) is 2. The second-order valence-electron chi connectivity index (χ2n) is 4.11. The van der Waals surface area contributed by atoms with Crippen LogP contribution in [-0.2, 0) is 0 Å². The lowest BCUT2D eigenvalue weighted by Crippen LogP contribution is -2.26. The number of rotatable bonds is 5. The molecule has 0 fully saturated rings. The minimum atomic E-state index is -0.474. The van der Waals surface area contributed by atoms with Crippen molar-refractivity contribution in [2.75, 3.05) is 7.05 Å².